The highest BCUT2D eigenvalue weighted by molar-refractivity contribution is 7.89. The minimum absolute atomic E-state index is 0.128. The molecule has 2 heterocycles. The van der Waals surface area contributed by atoms with E-state index in [-0.39, 0.29) is 5.75 Å². The molecule has 0 amide bonds. The highest BCUT2D eigenvalue weighted by atomic mass is 32.2. The van der Waals surface area contributed by atoms with Gasteiger partial charge in [0.1, 0.15) is 0 Å². The van der Waals surface area contributed by atoms with Crippen LogP contribution in [0.3, 0.4) is 0 Å². The normalized spacial score (nSPS) is 16.6. The van der Waals surface area contributed by atoms with Crippen molar-refractivity contribution in [2.75, 3.05) is 18.9 Å². The minimum Gasteiger partial charge on any atom is -0.371 e. The van der Waals surface area contributed by atoms with Crippen molar-refractivity contribution >= 4 is 10.0 Å². The van der Waals surface area contributed by atoms with E-state index in [9.17, 15) is 8.42 Å². The van der Waals surface area contributed by atoms with Crippen LogP contribution in [0, 0.1) is 0 Å². The lowest BCUT2D eigenvalue weighted by atomic mass is 10.3. The average molecular weight is 299 g/mol. The maximum Gasteiger partial charge on any atom is 0.214 e. The first kappa shape index (κ1) is 15.2. The summed E-state index contributed by atoms with van der Waals surface area (Å²) in [5, 5.41) is 0. The van der Waals surface area contributed by atoms with Gasteiger partial charge in [0.2, 0.25) is 10.0 Å². The predicted molar refractivity (Wildman–Crippen MR) is 76.6 cm³/mol. The SMILES string of the molecule is C=CCOCc1ncn2c1CN(S(=O)(=O)CC)CCC2. The third-order valence-electron chi connectivity index (χ3n) is 3.40. The van der Waals surface area contributed by atoms with Crippen LogP contribution in [0.25, 0.3) is 0 Å². The van der Waals surface area contributed by atoms with E-state index in [4.69, 9.17) is 4.74 Å². The summed E-state index contributed by atoms with van der Waals surface area (Å²) in [5.74, 6) is 0.128. The first-order valence-corrected chi connectivity index (χ1v) is 8.38. The zero-order valence-corrected chi connectivity index (χ0v) is 12.6. The van der Waals surface area contributed by atoms with Crippen molar-refractivity contribution in [2.45, 2.75) is 33.0 Å². The summed E-state index contributed by atoms with van der Waals surface area (Å²) in [6, 6.07) is 0. The number of aryl methyl sites for hydroxylation is 1. The van der Waals surface area contributed by atoms with Gasteiger partial charge in [-0.25, -0.2) is 13.4 Å². The highest BCUT2D eigenvalue weighted by Gasteiger charge is 2.25. The van der Waals surface area contributed by atoms with Crippen LogP contribution >= 0.6 is 0 Å². The molecular weight excluding hydrogens is 278 g/mol. The van der Waals surface area contributed by atoms with Gasteiger partial charge in [0.25, 0.3) is 0 Å². The van der Waals surface area contributed by atoms with E-state index in [0.29, 0.717) is 26.3 Å². The molecule has 0 atom stereocenters. The van der Waals surface area contributed by atoms with Gasteiger partial charge in [-0.15, -0.1) is 6.58 Å². The number of ether oxygens (including phenoxy) is 1. The van der Waals surface area contributed by atoms with Gasteiger partial charge in [-0.3, -0.25) is 0 Å². The summed E-state index contributed by atoms with van der Waals surface area (Å²) in [6.45, 7) is 7.85. The van der Waals surface area contributed by atoms with Crippen molar-refractivity contribution in [3.05, 3.63) is 30.4 Å². The number of nitrogens with zero attached hydrogens (tertiary/aromatic N) is 3. The monoisotopic (exact) mass is 299 g/mol. The molecule has 20 heavy (non-hydrogen) atoms. The zero-order chi connectivity index (χ0) is 14.6. The lowest BCUT2D eigenvalue weighted by Gasteiger charge is -2.19. The Hall–Kier alpha value is -1.18. The van der Waals surface area contributed by atoms with Crippen molar-refractivity contribution < 1.29 is 13.2 Å². The maximum absolute atomic E-state index is 12.1. The van der Waals surface area contributed by atoms with Crippen LogP contribution in [0.15, 0.2) is 19.0 Å². The molecule has 0 N–H and O–H groups in total. The van der Waals surface area contributed by atoms with Crippen LogP contribution in [0.5, 0.6) is 0 Å². The zero-order valence-electron chi connectivity index (χ0n) is 11.8. The minimum atomic E-state index is -3.17. The van der Waals surface area contributed by atoms with E-state index in [1.165, 1.54) is 0 Å². The largest absolute Gasteiger partial charge is 0.371 e. The Morgan fingerprint density at radius 3 is 3.00 bits per heavy atom. The highest BCUT2D eigenvalue weighted by Crippen LogP contribution is 2.19. The Morgan fingerprint density at radius 1 is 1.50 bits per heavy atom. The Bertz CT molecular complexity index is 565. The second kappa shape index (κ2) is 6.51. The number of imidazole rings is 1. The molecule has 0 saturated heterocycles. The molecule has 1 aliphatic heterocycles. The van der Waals surface area contributed by atoms with E-state index in [2.05, 4.69) is 11.6 Å². The number of hydrogen-bond donors (Lipinski definition) is 0. The van der Waals surface area contributed by atoms with Crippen LogP contribution in [0.4, 0.5) is 0 Å². The number of aromatic nitrogens is 2. The van der Waals surface area contributed by atoms with Crippen LogP contribution in [-0.4, -0.2) is 41.2 Å². The molecule has 6 nitrogen and oxygen atoms in total. The Balaban J connectivity index is 2.19. The molecule has 0 aromatic carbocycles. The fourth-order valence-corrected chi connectivity index (χ4v) is 3.36. The number of rotatable bonds is 6. The van der Waals surface area contributed by atoms with Crippen LogP contribution in [-0.2, 0) is 34.5 Å². The number of fused-ring (bicyclic) bond motifs is 1. The molecule has 0 saturated carbocycles. The Morgan fingerprint density at radius 2 is 2.30 bits per heavy atom. The summed E-state index contributed by atoms with van der Waals surface area (Å²) in [6.07, 6.45) is 4.25. The lowest BCUT2D eigenvalue weighted by Crippen LogP contribution is -2.32. The van der Waals surface area contributed by atoms with Gasteiger partial charge in [0.05, 0.1) is 43.2 Å². The van der Waals surface area contributed by atoms with Crippen molar-refractivity contribution in [1.82, 2.24) is 13.9 Å². The van der Waals surface area contributed by atoms with Gasteiger partial charge >= 0.3 is 0 Å². The van der Waals surface area contributed by atoms with E-state index < -0.39 is 10.0 Å². The van der Waals surface area contributed by atoms with E-state index in [0.717, 1.165) is 24.4 Å². The topological polar surface area (TPSA) is 64.4 Å². The number of sulfonamides is 1. The van der Waals surface area contributed by atoms with Crippen molar-refractivity contribution in [2.24, 2.45) is 0 Å². The third-order valence-corrected chi connectivity index (χ3v) is 5.23. The first-order valence-electron chi connectivity index (χ1n) is 6.77. The summed E-state index contributed by atoms with van der Waals surface area (Å²) in [7, 11) is -3.17. The molecule has 0 bridgehead atoms. The summed E-state index contributed by atoms with van der Waals surface area (Å²) in [5.41, 5.74) is 1.74. The van der Waals surface area contributed by atoms with Gasteiger partial charge in [-0.1, -0.05) is 6.08 Å². The first-order chi connectivity index (χ1) is 9.58. The second-order valence-corrected chi connectivity index (χ2v) is 6.98. The molecule has 1 aliphatic rings. The van der Waals surface area contributed by atoms with Crippen molar-refractivity contribution in [1.29, 1.82) is 0 Å². The van der Waals surface area contributed by atoms with E-state index in [1.54, 1.807) is 23.6 Å². The average Bonchev–Trinajstić information content (AvgIpc) is 2.68. The summed E-state index contributed by atoms with van der Waals surface area (Å²) in [4.78, 5) is 4.34. The van der Waals surface area contributed by atoms with Crippen LogP contribution in [0.2, 0.25) is 0 Å². The van der Waals surface area contributed by atoms with Gasteiger partial charge in [0, 0.05) is 13.1 Å². The van der Waals surface area contributed by atoms with Gasteiger partial charge in [-0.05, 0) is 13.3 Å². The molecule has 0 spiro atoms. The smallest absolute Gasteiger partial charge is 0.214 e. The molecule has 112 valence electrons. The number of hydrogen-bond acceptors (Lipinski definition) is 4. The van der Waals surface area contributed by atoms with Crippen molar-refractivity contribution in [3.63, 3.8) is 0 Å². The Labute approximate surface area is 120 Å². The fraction of sp³-hybridized carbons (Fsp3) is 0.615. The molecule has 0 radical (unpaired) electrons. The molecule has 0 aliphatic carbocycles. The molecule has 1 aromatic heterocycles. The molecule has 0 fully saturated rings. The van der Waals surface area contributed by atoms with E-state index >= 15 is 0 Å². The Kier molecular flexibility index (Phi) is 4.95. The summed E-state index contributed by atoms with van der Waals surface area (Å²) >= 11 is 0. The van der Waals surface area contributed by atoms with E-state index in [1.807, 2.05) is 4.57 Å². The standard InChI is InChI=1S/C13H21N3O3S/c1-3-8-19-10-12-13-9-16(20(17,18)4-2)7-5-6-15(13)11-14-12/h3,11H,1,4-10H2,2H3. The quantitative estimate of drug-likeness (QED) is 0.584. The predicted octanol–water partition coefficient (Wildman–Crippen LogP) is 1.14. The van der Waals surface area contributed by atoms with Crippen LogP contribution < -0.4 is 0 Å². The van der Waals surface area contributed by atoms with Crippen LogP contribution in [0.1, 0.15) is 24.7 Å². The lowest BCUT2D eigenvalue weighted by molar-refractivity contribution is 0.145. The third kappa shape index (κ3) is 3.28. The molecule has 0 unspecified atom stereocenters. The van der Waals surface area contributed by atoms with Gasteiger partial charge in [-0.2, -0.15) is 4.31 Å². The van der Waals surface area contributed by atoms with Gasteiger partial charge in [0.15, 0.2) is 0 Å². The van der Waals surface area contributed by atoms with Gasteiger partial charge < -0.3 is 9.30 Å². The molecule has 2 rings (SSSR count). The summed E-state index contributed by atoms with van der Waals surface area (Å²) < 4.78 is 33.1. The molecule has 7 heteroatoms. The van der Waals surface area contributed by atoms with Crippen molar-refractivity contribution in [3.8, 4) is 0 Å². The second-order valence-electron chi connectivity index (χ2n) is 4.72. The maximum atomic E-state index is 12.1. The fourth-order valence-electron chi connectivity index (χ4n) is 2.27. The molecule has 1 aromatic rings. The molecular formula is C13H21N3O3S.